The van der Waals surface area contributed by atoms with E-state index in [4.69, 9.17) is 9.73 Å². The van der Waals surface area contributed by atoms with Gasteiger partial charge in [0.25, 0.3) is 5.91 Å². The number of hydrogen-bond acceptors (Lipinski definition) is 3. The fourth-order valence-electron chi connectivity index (χ4n) is 3.70. The van der Waals surface area contributed by atoms with E-state index in [1.807, 2.05) is 4.90 Å². The van der Waals surface area contributed by atoms with Gasteiger partial charge in [-0.25, -0.2) is 0 Å². The number of guanidine groups is 1. The normalized spacial score (nSPS) is 20.8. The molecule has 0 radical (unpaired) electrons. The molecular weight excluding hydrogens is 340 g/mol. The summed E-state index contributed by atoms with van der Waals surface area (Å²) < 4.78 is 5.54. The molecule has 0 aliphatic carbocycles. The van der Waals surface area contributed by atoms with Gasteiger partial charge in [0.2, 0.25) is 0 Å². The van der Waals surface area contributed by atoms with E-state index < -0.39 is 0 Å². The topological polar surface area (TPSA) is 57.2 Å². The van der Waals surface area contributed by atoms with Gasteiger partial charge in [-0.1, -0.05) is 29.8 Å². The number of nitrogens with one attached hydrogen (secondary N) is 1. The minimum absolute atomic E-state index is 0.161. The lowest BCUT2D eigenvalue weighted by Gasteiger charge is -2.37. The molecule has 1 atom stereocenters. The first-order valence-electron chi connectivity index (χ1n) is 10.2. The van der Waals surface area contributed by atoms with Gasteiger partial charge < -0.3 is 19.9 Å². The maximum absolute atomic E-state index is 12.5. The first-order valence-corrected chi connectivity index (χ1v) is 10.2. The molecular formula is C21H32N4O2. The highest BCUT2D eigenvalue weighted by atomic mass is 16.5. The van der Waals surface area contributed by atoms with Crippen LogP contribution in [0.1, 0.15) is 30.9 Å². The molecule has 2 heterocycles. The van der Waals surface area contributed by atoms with Gasteiger partial charge in [0.05, 0.1) is 0 Å². The Hall–Kier alpha value is -2.08. The van der Waals surface area contributed by atoms with Gasteiger partial charge in [0.1, 0.15) is 6.10 Å². The summed E-state index contributed by atoms with van der Waals surface area (Å²) >= 11 is 0. The van der Waals surface area contributed by atoms with Crippen LogP contribution in [0.4, 0.5) is 0 Å². The second kappa shape index (κ2) is 9.74. The van der Waals surface area contributed by atoms with Gasteiger partial charge in [0, 0.05) is 45.9 Å². The van der Waals surface area contributed by atoms with E-state index in [1.165, 1.54) is 11.1 Å². The molecule has 0 spiro atoms. The van der Waals surface area contributed by atoms with Crippen LogP contribution in [-0.2, 0) is 16.0 Å². The lowest BCUT2D eigenvalue weighted by atomic mass is 10.1. The molecule has 1 aromatic rings. The van der Waals surface area contributed by atoms with Crippen molar-refractivity contribution in [2.75, 3.05) is 45.9 Å². The summed E-state index contributed by atoms with van der Waals surface area (Å²) in [6.07, 6.45) is 2.58. The van der Waals surface area contributed by atoms with Gasteiger partial charge in [-0.3, -0.25) is 9.79 Å². The number of aliphatic imine (C=N–C) groups is 1. The number of aryl methyl sites for hydroxylation is 1. The summed E-state index contributed by atoms with van der Waals surface area (Å²) in [5.74, 6) is 1.11. The van der Waals surface area contributed by atoms with Crippen molar-refractivity contribution in [3.05, 3.63) is 35.4 Å². The van der Waals surface area contributed by atoms with Gasteiger partial charge >= 0.3 is 0 Å². The first-order chi connectivity index (χ1) is 13.2. The third-order valence-electron chi connectivity index (χ3n) is 5.18. The number of hydrogen-bond donors (Lipinski definition) is 1. The average molecular weight is 373 g/mol. The summed E-state index contributed by atoms with van der Waals surface area (Å²) in [4.78, 5) is 21.5. The molecule has 6 nitrogen and oxygen atoms in total. The fraction of sp³-hybridized carbons (Fsp3) is 0.619. The van der Waals surface area contributed by atoms with Crippen LogP contribution in [0.5, 0.6) is 0 Å². The van der Waals surface area contributed by atoms with E-state index in [1.54, 1.807) is 0 Å². The van der Waals surface area contributed by atoms with Gasteiger partial charge in [0.15, 0.2) is 5.96 Å². The molecule has 1 unspecified atom stereocenters. The predicted molar refractivity (Wildman–Crippen MR) is 108 cm³/mol. The number of nitrogens with zero attached hydrogens (tertiary/aromatic N) is 3. The highest BCUT2D eigenvalue weighted by Gasteiger charge is 2.30. The van der Waals surface area contributed by atoms with Crippen molar-refractivity contribution < 1.29 is 9.53 Å². The Balaban J connectivity index is 1.51. The maximum Gasteiger partial charge on any atom is 0.251 e. The highest BCUT2D eigenvalue weighted by Crippen LogP contribution is 2.16. The number of benzene rings is 1. The maximum atomic E-state index is 12.5. The van der Waals surface area contributed by atoms with E-state index in [9.17, 15) is 4.79 Å². The zero-order valence-electron chi connectivity index (χ0n) is 16.6. The Morgan fingerprint density at radius 2 is 2.04 bits per heavy atom. The van der Waals surface area contributed by atoms with Crippen molar-refractivity contribution in [3.8, 4) is 0 Å². The van der Waals surface area contributed by atoms with Crippen molar-refractivity contribution in [2.45, 2.75) is 39.2 Å². The van der Waals surface area contributed by atoms with Crippen LogP contribution >= 0.6 is 0 Å². The lowest BCUT2D eigenvalue weighted by Crippen LogP contribution is -2.55. The smallest absolute Gasteiger partial charge is 0.251 e. The van der Waals surface area contributed by atoms with E-state index >= 15 is 0 Å². The highest BCUT2D eigenvalue weighted by molar-refractivity contribution is 5.82. The molecule has 0 bridgehead atoms. The Morgan fingerprint density at radius 1 is 1.26 bits per heavy atom. The van der Waals surface area contributed by atoms with Crippen LogP contribution in [0.2, 0.25) is 0 Å². The molecule has 2 fully saturated rings. The Morgan fingerprint density at radius 3 is 2.70 bits per heavy atom. The molecule has 3 rings (SSSR count). The summed E-state index contributed by atoms with van der Waals surface area (Å²) in [7, 11) is 0. The molecule has 1 aromatic carbocycles. The first kappa shape index (κ1) is 19.7. The Bertz CT molecular complexity index is 647. The van der Waals surface area contributed by atoms with Crippen molar-refractivity contribution in [2.24, 2.45) is 4.99 Å². The van der Waals surface area contributed by atoms with E-state index in [0.717, 1.165) is 64.5 Å². The van der Waals surface area contributed by atoms with Crippen LogP contribution in [0.25, 0.3) is 0 Å². The third kappa shape index (κ3) is 5.45. The number of rotatable bonds is 5. The third-order valence-corrected chi connectivity index (χ3v) is 5.18. The van der Waals surface area contributed by atoms with Crippen LogP contribution in [0.15, 0.2) is 29.3 Å². The minimum atomic E-state index is -0.215. The fourth-order valence-corrected chi connectivity index (χ4v) is 3.70. The number of ether oxygens (including phenoxy) is 1. The molecule has 1 N–H and O–H groups in total. The molecule has 0 aromatic heterocycles. The molecule has 6 heteroatoms. The van der Waals surface area contributed by atoms with Gasteiger partial charge in [-0.2, -0.15) is 0 Å². The number of carbonyl (C=O) groups excluding carboxylic acids is 1. The Labute approximate surface area is 162 Å². The SMILES string of the molecule is CCNC(=NCCc1cccc(C)c1)N1CCN(C(=O)C2CCCO2)CC1. The van der Waals surface area contributed by atoms with Crippen molar-refractivity contribution in [1.29, 1.82) is 0 Å². The molecule has 27 heavy (non-hydrogen) atoms. The monoisotopic (exact) mass is 372 g/mol. The van der Waals surface area contributed by atoms with Crippen molar-refractivity contribution in [3.63, 3.8) is 0 Å². The van der Waals surface area contributed by atoms with Crippen LogP contribution < -0.4 is 5.32 Å². The minimum Gasteiger partial charge on any atom is -0.368 e. The summed E-state index contributed by atoms with van der Waals surface area (Å²) in [6, 6.07) is 8.60. The largest absolute Gasteiger partial charge is 0.368 e. The second-order valence-corrected chi connectivity index (χ2v) is 7.29. The summed E-state index contributed by atoms with van der Waals surface area (Å²) in [5, 5.41) is 3.40. The summed E-state index contributed by atoms with van der Waals surface area (Å²) in [5.41, 5.74) is 2.61. The molecule has 148 valence electrons. The van der Waals surface area contributed by atoms with Crippen molar-refractivity contribution >= 4 is 11.9 Å². The quantitative estimate of drug-likeness (QED) is 0.633. The average Bonchev–Trinajstić information content (AvgIpc) is 3.22. The van der Waals surface area contributed by atoms with Gasteiger partial charge in [-0.05, 0) is 38.7 Å². The molecule has 2 aliphatic heterocycles. The zero-order valence-corrected chi connectivity index (χ0v) is 16.6. The van der Waals surface area contributed by atoms with E-state index in [0.29, 0.717) is 6.61 Å². The Kier molecular flexibility index (Phi) is 7.10. The molecule has 0 saturated carbocycles. The molecule has 1 amide bonds. The number of carbonyl (C=O) groups is 1. The molecule has 2 aliphatic rings. The lowest BCUT2D eigenvalue weighted by molar-refractivity contribution is -0.142. The van der Waals surface area contributed by atoms with E-state index in [2.05, 4.69) is 48.3 Å². The zero-order chi connectivity index (χ0) is 19.1. The van der Waals surface area contributed by atoms with E-state index in [-0.39, 0.29) is 12.0 Å². The summed E-state index contributed by atoms with van der Waals surface area (Å²) in [6.45, 7) is 9.64. The standard InChI is InChI=1S/C21H32N4O2/c1-3-22-21(23-10-9-18-7-4-6-17(2)16-18)25-13-11-24(12-14-25)20(26)19-8-5-15-27-19/h4,6-7,16,19H,3,5,8-15H2,1-2H3,(H,22,23). The predicted octanol–water partition coefficient (Wildman–Crippen LogP) is 1.83. The van der Waals surface area contributed by atoms with Crippen LogP contribution in [-0.4, -0.2) is 73.6 Å². The van der Waals surface area contributed by atoms with Gasteiger partial charge in [-0.15, -0.1) is 0 Å². The van der Waals surface area contributed by atoms with Crippen LogP contribution in [0, 0.1) is 6.92 Å². The number of piperazine rings is 1. The molecule has 2 saturated heterocycles. The van der Waals surface area contributed by atoms with Crippen molar-refractivity contribution in [1.82, 2.24) is 15.1 Å². The second-order valence-electron chi connectivity index (χ2n) is 7.29. The van der Waals surface area contributed by atoms with Crippen LogP contribution in [0.3, 0.4) is 0 Å². The number of amides is 1.